The lowest BCUT2D eigenvalue weighted by atomic mass is 9.97. The van der Waals surface area contributed by atoms with Crippen LogP contribution in [0, 0.1) is 19.8 Å². The van der Waals surface area contributed by atoms with Gasteiger partial charge >= 0.3 is 0 Å². The Labute approximate surface area is 146 Å². The van der Waals surface area contributed by atoms with E-state index >= 15 is 0 Å². The summed E-state index contributed by atoms with van der Waals surface area (Å²) in [6.45, 7) is 14.9. The van der Waals surface area contributed by atoms with Gasteiger partial charge < -0.3 is 5.32 Å². The SMILES string of the molecule is Cc1nc(C)n(C[C@@H](C)C(=O)NC(C)(C)CN2CCCC[C@H]2C)n1. The average Bonchev–Trinajstić information content (AvgIpc) is 2.78. The van der Waals surface area contributed by atoms with Gasteiger partial charge in [-0.05, 0) is 54.0 Å². The molecule has 1 fully saturated rings. The highest BCUT2D eigenvalue weighted by Crippen LogP contribution is 2.19. The Hall–Kier alpha value is -1.43. The van der Waals surface area contributed by atoms with E-state index in [0.29, 0.717) is 12.6 Å². The Morgan fingerprint density at radius 1 is 1.38 bits per heavy atom. The molecule has 6 nitrogen and oxygen atoms in total. The van der Waals surface area contributed by atoms with E-state index in [1.54, 1.807) is 0 Å². The van der Waals surface area contributed by atoms with E-state index in [0.717, 1.165) is 24.7 Å². The van der Waals surface area contributed by atoms with E-state index in [-0.39, 0.29) is 17.4 Å². The molecule has 1 amide bonds. The van der Waals surface area contributed by atoms with Crippen molar-refractivity contribution in [1.82, 2.24) is 25.0 Å². The quantitative estimate of drug-likeness (QED) is 0.866. The number of aromatic nitrogens is 3. The summed E-state index contributed by atoms with van der Waals surface area (Å²) in [6, 6.07) is 0.605. The molecule has 2 heterocycles. The standard InChI is InChI=1S/C18H33N5O/c1-13(11-23-16(4)19-15(3)21-23)17(24)20-18(5,6)12-22-10-8-7-9-14(22)2/h13-14H,7-12H2,1-6H3,(H,20,24)/t13-,14-/m1/s1. The number of nitrogens with zero attached hydrogens (tertiary/aromatic N) is 4. The molecule has 0 spiro atoms. The monoisotopic (exact) mass is 335 g/mol. The first-order valence-electron chi connectivity index (χ1n) is 9.12. The molecule has 0 radical (unpaired) electrons. The molecule has 2 rings (SSSR count). The number of aryl methyl sites for hydroxylation is 2. The lowest BCUT2D eigenvalue weighted by Crippen LogP contribution is -2.55. The molecule has 1 saturated heterocycles. The Balaban J connectivity index is 1.90. The molecule has 24 heavy (non-hydrogen) atoms. The molecule has 1 aromatic heterocycles. The molecular weight excluding hydrogens is 302 g/mol. The zero-order valence-corrected chi connectivity index (χ0v) is 16.1. The van der Waals surface area contributed by atoms with Gasteiger partial charge in [0.1, 0.15) is 11.6 Å². The van der Waals surface area contributed by atoms with E-state index in [1.165, 1.54) is 19.3 Å². The summed E-state index contributed by atoms with van der Waals surface area (Å²) in [6.07, 6.45) is 3.83. The minimum absolute atomic E-state index is 0.0808. The second-order valence-corrected chi connectivity index (χ2v) is 7.98. The predicted octanol–water partition coefficient (Wildman–Crippen LogP) is 2.30. The number of hydrogen-bond acceptors (Lipinski definition) is 4. The maximum atomic E-state index is 12.6. The number of hydrogen-bond donors (Lipinski definition) is 1. The fourth-order valence-corrected chi connectivity index (χ4v) is 3.47. The molecule has 136 valence electrons. The summed E-state index contributed by atoms with van der Waals surface area (Å²) < 4.78 is 1.82. The van der Waals surface area contributed by atoms with Crippen LogP contribution in [0.1, 0.15) is 58.6 Å². The van der Waals surface area contributed by atoms with Crippen molar-refractivity contribution in [2.45, 2.75) is 78.9 Å². The third kappa shape index (κ3) is 5.03. The van der Waals surface area contributed by atoms with Crippen LogP contribution in [0.4, 0.5) is 0 Å². The number of likely N-dealkylation sites (tertiary alicyclic amines) is 1. The van der Waals surface area contributed by atoms with Crippen molar-refractivity contribution in [3.05, 3.63) is 11.6 Å². The highest BCUT2D eigenvalue weighted by atomic mass is 16.2. The van der Waals surface area contributed by atoms with E-state index in [1.807, 2.05) is 25.5 Å². The third-order valence-electron chi connectivity index (χ3n) is 4.86. The van der Waals surface area contributed by atoms with Gasteiger partial charge in [-0.15, -0.1) is 0 Å². The number of rotatable bonds is 6. The lowest BCUT2D eigenvalue weighted by molar-refractivity contribution is -0.127. The van der Waals surface area contributed by atoms with Crippen molar-refractivity contribution in [3.8, 4) is 0 Å². The lowest BCUT2D eigenvalue weighted by Gasteiger charge is -2.39. The Kier molecular flexibility index (Phi) is 6.01. The second-order valence-electron chi connectivity index (χ2n) is 7.98. The van der Waals surface area contributed by atoms with Crippen LogP contribution in [-0.2, 0) is 11.3 Å². The second kappa shape index (κ2) is 7.64. The van der Waals surface area contributed by atoms with Crippen LogP contribution in [0.25, 0.3) is 0 Å². The van der Waals surface area contributed by atoms with E-state index < -0.39 is 0 Å². The highest BCUT2D eigenvalue weighted by Gasteiger charge is 2.29. The molecule has 0 bridgehead atoms. The summed E-state index contributed by atoms with van der Waals surface area (Å²) in [5, 5.41) is 7.58. The third-order valence-corrected chi connectivity index (χ3v) is 4.86. The predicted molar refractivity (Wildman–Crippen MR) is 95.8 cm³/mol. The molecule has 6 heteroatoms. The minimum atomic E-state index is -0.232. The van der Waals surface area contributed by atoms with Crippen molar-refractivity contribution >= 4 is 5.91 Å². The first kappa shape index (κ1) is 18.9. The fraction of sp³-hybridized carbons (Fsp3) is 0.833. The normalized spacial score (nSPS) is 20.8. The Bertz CT molecular complexity index is 566. The number of carbonyl (C=O) groups is 1. The number of nitrogens with one attached hydrogen (secondary N) is 1. The van der Waals surface area contributed by atoms with E-state index in [9.17, 15) is 4.79 Å². The largest absolute Gasteiger partial charge is 0.350 e. The zero-order valence-electron chi connectivity index (χ0n) is 16.1. The van der Waals surface area contributed by atoms with E-state index in [2.05, 4.69) is 41.1 Å². The van der Waals surface area contributed by atoms with Gasteiger partial charge in [0.2, 0.25) is 5.91 Å². The number of carbonyl (C=O) groups excluding carboxylic acids is 1. The van der Waals surface area contributed by atoms with Crippen molar-refractivity contribution in [2.75, 3.05) is 13.1 Å². The van der Waals surface area contributed by atoms with Gasteiger partial charge in [0.15, 0.2) is 0 Å². The highest BCUT2D eigenvalue weighted by molar-refractivity contribution is 5.78. The van der Waals surface area contributed by atoms with Crippen LogP contribution < -0.4 is 5.32 Å². The first-order chi connectivity index (χ1) is 11.2. The maximum absolute atomic E-state index is 12.6. The van der Waals surface area contributed by atoms with Crippen molar-refractivity contribution in [3.63, 3.8) is 0 Å². The summed E-state index contributed by atoms with van der Waals surface area (Å²) in [4.78, 5) is 19.4. The van der Waals surface area contributed by atoms with Gasteiger partial charge in [0.25, 0.3) is 0 Å². The molecule has 1 N–H and O–H groups in total. The zero-order chi connectivity index (χ0) is 17.9. The van der Waals surface area contributed by atoms with Crippen LogP contribution in [0.2, 0.25) is 0 Å². The molecule has 2 atom stereocenters. The van der Waals surface area contributed by atoms with Gasteiger partial charge in [-0.25, -0.2) is 9.67 Å². The Morgan fingerprint density at radius 2 is 2.08 bits per heavy atom. The van der Waals surface area contributed by atoms with Crippen molar-refractivity contribution < 1.29 is 4.79 Å². The fourth-order valence-electron chi connectivity index (χ4n) is 3.47. The topological polar surface area (TPSA) is 63.1 Å². The molecular formula is C18H33N5O. The number of amides is 1. The van der Waals surface area contributed by atoms with Crippen LogP contribution in [0.15, 0.2) is 0 Å². The van der Waals surface area contributed by atoms with Gasteiger partial charge in [-0.2, -0.15) is 5.10 Å². The molecule has 0 aromatic carbocycles. The average molecular weight is 335 g/mol. The van der Waals surface area contributed by atoms with Gasteiger partial charge in [0, 0.05) is 18.1 Å². The molecule has 1 aliphatic rings. The van der Waals surface area contributed by atoms with E-state index in [4.69, 9.17) is 0 Å². The molecule has 0 unspecified atom stereocenters. The molecule has 0 aliphatic carbocycles. The Morgan fingerprint density at radius 3 is 2.67 bits per heavy atom. The van der Waals surface area contributed by atoms with Crippen molar-refractivity contribution in [2.24, 2.45) is 5.92 Å². The van der Waals surface area contributed by atoms with Crippen molar-refractivity contribution in [1.29, 1.82) is 0 Å². The van der Waals surface area contributed by atoms with Crippen LogP contribution in [0.5, 0.6) is 0 Å². The summed E-state index contributed by atoms with van der Waals surface area (Å²) in [7, 11) is 0. The first-order valence-corrected chi connectivity index (χ1v) is 9.12. The maximum Gasteiger partial charge on any atom is 0.225 e. The summed E-state index contributed by atoms with van der Waals surface area (Å²) in [5.74, 6) is 1.55. The minimum Gasteiger partial charge on any atom is -0.350 e. The molecule has 1 aromatic rings. The van der Waals surface area contributed by atoms with Crippen LogP contribution >= 0.6 is 0 Å². The van der Waals surface area contributed by atoms with Crippen LogP contribution in [0.3, 0.4) is 0 Å². The van der Waals surface area contributed by atoms with Gasteiger partial charge in [-0.1, -0.05) is 13.3 Å². The molecule has 1 aliphatic heterocycles. The molecule has 0 saturated carbocycles. The number of piperidine rings is 1. The summed E-state index contributed by atoms with van der Waals surface area (Å²) in [5.41, 5.74) is -0.232. The smallest absolute Gasteiger partial charge is 0.225 e. The van der Waals surface area contributed by atoms with Gasteiger partial charge in [-0.3, -0.25) is 9.69 Å². The van der Waals surface area contributed by atoms with Gasteiger partial charge in [0.05, 0.1) is 12.5 Å². The van der Waals surface area contributed by atoms with Crippen LogP contribution in [-0.4, -0.2) is 50.2 Å². The summed E-state index contributed by atoms with van der Waals surface area (Å²) >= 11 is 0.